The Hall–Kier alpha value is -2.97. The topological polar surface area (TPSA) is 91.4 Å². The lowest BCUT2D eigenvalue weighted by Gasteiger charge is -2.39. The van der Waals surface area contributed by atoms with E-state index in [4.69, 9.17) is 9.47 Å². The molecule has 0 saturated carbocycles. The summed E-state index contributed by atoms with van der Waals surface area (Å²) >= 11 is 0. The van der Waals surface area contributed by atoms with Crippen LogP contribution in [0.4, 0.5) is 15.3 Å². The Labute approximate surface area is 220 Å². The van der Waals surface area contributed by atoms with Gasteiger partial charge in [-0.1, -0.05) is 13.0 Å². The number of hydrogen-bond acceptors (Lipinski definition) is 6. The maximum absolute atomic E-state index is 13.0. The summed E-state index contributed by atoms with van der Waals surface area (Å²) in [4.78, 5) is 44.0. The zero-order valence-electron chi connectivity index (χ0n) is 23.1. The molecule has 0 radical (unpaired) electrons. The van der Waals surface area contributed by atoms with Crippen LogP contribution in [0.3, 0.4) is 0 Å². The van der Waals surface area contributed by atoms with Gasteiger partial charge in [-0.05, 0) is 71.4 Å². The van der Waals surface area contributed by atoms with E-state index in [-0.39, 0.29) is 35.5 Å². The zero-order valence-corrected chi connectivity index (χ0v) is 23.1. The molecular formula is C28H42N4O5. The first-order valence-corrected chi connectivity index (χ1v) is 13.6. The summed E-state index contributed by atoms with van der Waals surface area (Å²) in [7, 11) is 0. The van der Waals surface area contributed by atoms with E-state index in [0.717, 1.165) is 24.3 Å². The molecule has 3 aliphatic heterocycles. The molecule has 37 heavy (non-hydrogen) atoms. The second-order valence-corrected chi connectivity index (χ2v) is 11.6. The highest BCUT2D eigenvalue weighted by atomic mass is 16.6. The first kappa shape index (κ1) is 27.1. The van der Waals surface area contributed by atoms with Gasteiger partial charge in [-0.15, -0.1) is 0 Å². The van der Waals surface area contributed by atoms with Crippen molar-refractivity contribution in [3.63, 3.8) is 0 Å². The van der Waals surface area contributed by atoms with Crippen LogP contribution in [-0.2, 0) is 9.53 Å². The van der Waals surface area contributed by atoms with Gasteiger partial charge in [-0.2, -0.15) is 0 Å². The monoisotopic (exact) mass is 514 g/mol. The maximum Gasteiger partial charge on any atom is 0.410 e. The van der Waals surface area contributed by atoms with Crippen LogP contribution in [0.25, 0.3) is 0 Å². The first-order valence-electron chi connectivity index (χ1n) is 13.6. The van der Waals surface area contributed by atoms with Crippen LogP contribution >= 0.6 is 0 Å². The Morgan fingerprint density at radius 1 is 1.19 bits per heavy atom. The van der Waals surface area contributed by atoms with Crippen molar-refractivity contribution in [3.8, 4) is 5.75 Å². The third-order valence-electron chi connectivity index (χ3n) is 7.97. The lowest BCUT2D eigenvalue weighted by Crippen LogP contribution is -2.54. The van der Waals surface area contributed by atoms with Gasteiger partial charge in [0, 0.05) is 51.0 Å². The van der Waals surface area contributed by atoms with Gasteiger partial charge in [0.05, 0.1) is 11.5 Å². The summed E-state index contributed by atoms with van der Waals surface area (Å²) < 4.78 is 11.3. The summed E-state index contributed by atoms with van der Waals surface area (Å²) in [6, 6.07) is 6.03. The minimum atomic E-state index is -0.532. The van der Waals surface area contributed by atoms with Crippen molar-refractivity contribution >= 4 is 23.8 Å². The summed E-state index contributed by atoms with van der Waals surface area (Å²) in [6.07, 6.45) is 1.60. The minimum absolute atomic E-state index is 0.0127. The third-order valence-corrected chi connectivity index (χ3v) is 7.97. The number of piperidine rings is 1. The van der Waals surface area contributed by atoms with E-state index in [1.54, 1.807) is 4.90 Å². The van der Waals surface area contributed by atoms with Crippen molar-refractivity contribution in [2.45, 2.75) is 77.9 Å². The predicted molar refractivity (Wildman–Crippen MR) is 142 cm³/mol. The van der Waals surface area contributed by atoms with Crippen LogP contribution in [0.1, 0.15) is 72.3 Å². The van der Waals surface area contributed by atoms with Gasteiger partial charge in [-0.3, -0.25) is 4.79 Å². The van der Waals surface area contributed by atoms with Gasteiger partial charge in [0.1, 0.15) is 11.4 Å². The Morgan fingerprint density at radius 2 is 1.86 bits per heavy atom. The molecule has 0 aromatic heterocycles. The summed E-state index contributed by atoms with van der Waals surface area (Å²) in [5.74, 6) is 0.133. The quantitative estimate of drug-likeness (QED) is 0.448. The summed E-state index contributed by atoms with van der Waals surface area (Å²) in [6.45, 7) is 15.8. The molecule has 204 valence electrons. The van der Waals surface area contributed by atoms with Gasteiger partial charge >= 0.3 is 18.1 Å². The second kappa shape index (κ2) is 10.4. The number of hydrogen-bond donors (Lipinski definition) is 1. The highest BCUT2D eigenvalue weighted by Gasteiger charge is 2.46. The summed E-state index contributed by atoms with van der Waals surface area (Å²) in [5, 5.41) is 3.17. The van der Waals surface area contributed by atoms with Gasteiger partial charge < -0.3 is 29.5 Å². The molecule has 1 aromatic carbocycles. The molecule has 2 fully saturated rings. The minimum Gasteiger partial charge on any atom is -0.444 e. The van der Waals surface area contributed by atoms with Crippen molar-refractivity contribution in [1.29, 1.82) is 0 Å². The standard InChI is InChI=1S/C28H42N4O5/c1-7-30(8-2)20-9-10-21-19(3)22(24(33)36-23(21)17-20)11-14-32-18-28(29-25(32)34)12-15-31(16-13-28)26(35)37-27(4,5)6/h9-10,17,19,22H,7-8,11-16,18H2,1-6H3,(H,29,34). The fourth-order valence-electron chi connectivity index (χ4n) is 5.73. The number of ether oxygens (including phenoxy) is 2. The number of nitrogens with one attached hydrogen (secondary N) is 1. The van der Waals surface area contributed by atoms with E-state index in [1.807, 2.05) is 31.7 Å². The predicted octanol–water partition coefficient (Wildman–Crippen LogP) is 4.36. The lowest BCUT2D eigenvalue weighted by atomic mass is 9.82. The van der Waals surface area contributed by atoms with Crippen molar-refractivity contribution in [2.24, 2.45) is 5.92 Å². The fraction of sp³-hybridized carbons (Fsp3) is 0.679. The first-order chi connectivity index (χ1) is 17.4. The number of carbonyl (C=O) groups is 3. The molecular weight excluding hydrogens is 472 g/mol. The number of urea groups is 1. The fourth-order valence-corrected chi connectivity index (χ4v) is 5.73. The van der Waals surface area contributed by atoms with Crippen LogP contribution in [0, 0.1) is 5.92 Å². The number of likely N-dealkylation sites (tertiary alicyclic amines) is 1. The molecule has 2 saturated heterocycles. The van der Waals surface area contributed by atoms with E-state index in [1.165, 1.54) is 0 Å². The molecule has 3 aliphatic rings. The largest absolute Gasteiger partial charge is 0.444 e. The SMILES string of the molecule is CCN(CC)c1ccc2c(c1)OC(=O)C(CCN1CC3(CCN(C(=O)OC(C)(C)C)CC3)NC1=O)C2C. The molecule has 0 aliphatic carbocycles. The molecule has 4 rings (SSSR count). The van der Waals surface area contributed by atoms with Gasteiger partial charge in [0.15, 0.2) is 0 Å². The van der Waals surface area contributed by atoms with Crippen LogP contribution in [0.15, 0.2) is 18.2 Å². The number of anilines is 1. The van der Waals surface area contributed by atoms with Crippen LogP contribution < -0.4 is 15.0 Å². The van der Waals surface area contributed by atoms with E-state index >= 15 is 0 Å². The molecule has 1 spiro atoms. The Kier molecular flexibility index (Phi) is 7.62. The number of benzene rings is 1. The third kappa shape index (κ3) is 5.80. The number of carbonyl (C=O) groups excluding carboxylic acids is 3. The van der Waals surface area contributed by atoms with Crippen LogP contribution in [0.5, 0.6) is 5.75 Å². The zero-order chi connectivity index (χ0) is 27.0. The highest BCUT2D eigenvalue weighted by Crippen LogP contribution is 2.41. The van der Waals surface area contributed by atoms with E-state index in [2.05, 4.69) is 43.1 Å². The van der Waals surface area contributed by atoms with E-state index in [9.17, 15) is 14.4 Å². The average Bonchev–Trinajstić information content (AvgIpc) is 3.13. The number of rotatable bonds is 6. The average molecular weight is 515 g/mol. The number of amides is 3. The Morgan fingerprint density at radius 3 is 2.49 bits per heavy atom. The van der Waals surface area contributed by atoms with E-state index in [0.29, 0.717) is 51.2 Å². The van der Waals surface area contributed by atoms with Crippen molar-refractivity contribution in [1.82, 2.24) is 15.1 Å². The van der Waals surface area contributed by atoms with Crippen molar-refractivity contribution in [3.05, 3.63) is 23.8 Å². The number of esters is 1. The van der Waals surface area contributed by atoms with E-state index < -0.39 is 5.60 Å². The number of nitrogens with zero attached hydrogens (tertiary/aromatic N) is 3. The number of fused-ring (bicyclic) bond motifs is 1. The molecule has 1 aromatic rings. The molecule has 2 unspecified atom stereocenters. The van der Waals surface area contributed by atoms with Crippen LogP contribution in [-0.4, -0.2) is 78.3 Å². The molecule has 1 N–H and O–H groups in total. The van der Waals surface area contributed by atoms with Gasteiger partial charge in [0.25, 0.3) is 0 Å². The molecule has 2 atom stereocenters. The molecule has 9 nitrogen and oxygen atoms in total. The maximum atomic E-state index is 13.0. The molecule has 9 heteroatoms. The smallest absolute Gasteiger partial charge is 0.410 e. The molecule has 3 amide bonds. The summed E-state index contributed by atoms with van der Waals surface area (Å²) in [5.41, 5.74) is 1.22. The Balaban J connectivity index is 1.34. The highest BCUT2D eigenvalue weighted by molar-refractivity contribution is 5.81. The normalized spacial score (nSPS) is 23.0. The van der Waals surface area contributed by atoms with Crippen LogP contribution in [0.2, 0.25) is 0 Å². The molecule has 3 heterocycles. The van der Waals surface area contributed by atoms with Crippen molar-refractivity contribution < 1.29 is 23.9 Å². The molecule has 0 bridgehead atoms. The second-order valence-electron chi connectivity index (χ2n) is 11.6. The van der Waals surface area contributed by atoms with Gasteiger partial charge in [0.2, 0.25) is 0 Å². The van der Waals surface area contributed by atoms with Crippen molar-refractivity contribution in [2.75, 3.05) is 44.2 Å². The Bertz CT molecular complexity index is 1020. The van der Waals surface area contributed by atoms with Gasteiger partial charge in [-0.25, -0.2) is 9.59 Å². The lowest BCUT2D eigenvalue weighted by molar-refractivity contribution is -0.141.